The van der Waals surface area contributed by atoms with Gasteiger partial charge in [0.05, 0.1) is 6.10 Å². The van der Waals surface area contributed by atoms with Crippen LogP contribution in [0.3, 0.4) is 0 Å². The average Bonchev–Trinajstić information content (AvgIpc) is 2.96. The van der Waals surface area contributed by atoms with Crippen molar-refractivity contribution in [2.24, 2.45) is 11.8 Å². The van der Waals surface area contributed by atoms with Crippen LogP contribution in [-0.4, -0.2) is 37.9 Å². The maximum atomic E-state index is 5.61. The average molecular weight is 252 g/mol. The highest BCUT2D eigenvalue weighted by atomic mass is 16.5. The van der Waals surface area contributed by atoms with E-state index in [0.717, 1.165) is 43.6 Å². The number of rotatable bonds is 4. The van der Waals surface area contributed by atoms with E-state index in [1.165, 1.54) is 38.5 Å². The van der Waals surface area contributed by atoms with Crippen LogP contribution in [0.5, 0.6) is 0 Å². The molecule has 5 atom stereocenters. The maximum Gasteiger partial charge on any atom is 0.0588 e. The summed E-state index contributed by atoms with van der Waals surface area (Å²) >= 11 is 0. The Kier molecular flexibility index (Phi) is 4.22. The van der Waals surface area contributed by atoms with Gasteiger partial charge in [-0.1, -0.05) is 12.8 Å². The molecule has 1 aliphatic carbocycles. The quantitative estimate of drug-likeness (QED) is 0.802. The molecule has 0 bridgehead atoms. The molecule has 2 N–H and O–H groups in total. The Morgan fingerprint density at radius 1 is 1.17 bits per heavy atom. The summed E-state index contributed by atoms with van der Waals surface area (Å²) in [6.07, 6.45) is 8.85. The zero-order valence-electron chi connectivity index (χ0n) is 11.7. The van der Waals surface area contributed by atoms with E-state index < -0.39 is 0 Å². The molecule has 2 saturated heterocycles. The highest BCUT2D eigenvalue weighted by molar-refractivity contribution is 4.93. The molecule has 3 aliphatic rings. The minimum absolute atomic E-state index is 0.455. The fourth-order valence-corrected chi connectivity index (χ4v) is 4.07. The molecule has 0 aromatic carbocycles. The predicted molar refractivity (Wildman–Crippen MR) is 73.7 cm³/mol. The maximum absolute atomic E-state index is 5.61. The summed E-state index contributed by atoms with van der Waals surface area (Å²) in [5.41, 5.74) is 0. The van der Waals surface area contributed by atoms with Gasteiger partial charge in [-0.05, 0) is 44.4 Å². The van der Waals surface area contributed by atoms with Crippen molar-refractivity contribution in [2.45, 2.75) is 63.6 Å². The molecule has 104 valence electrons. The Bertz CT molecular complexity index is 257. The first-order valence-corrected chi connectivity index (χ1v) is 7.91. The Balaban J connectivity index is 1.36. The number of fused-ring (bicyclic) bond motifs is 1. The van der Waals surface area contributed by atoms with Crippen LogP contribution in [0.15, 0.2) is 0 Å². The molecule has 0 radical (unpaired) electrons. The van der Waals surface area contributed by atoms with Gasteiger partial charge in [0.2, 0.25) is 0 Å². The van der Waals surface area contributed by atoms with Crippen molar-refractivity contribution < 1.29 is 4.74 Å². The van der Waals surface area contributed by atoms with Gasteiger partial charge in [-0.2, -0.15) is 0 Å². The normalized spacial score (nSPS) is 44.2. The fraction of sp³-hybridized carbons (Fsp3) is 1.00. The Morgan fingerprint density at radius 3 is 2.83 bits per heavy atom. The lowest BCUT2D eigenvalue weighted by Gasteiger charge is -2.24. The highest BCUT2D eigenvalue weighted by Crippen LogP contribution is 2.32. The van der Waals surface area contributed by atoms with E-state index in [0.29, 0.717) is 6.10 Å². The molecular weight excluding hydrogens is 224 g/mol. The zero-order valence-corrected chi connectivity index (χ0v) is 11.7. The largest absolute Gasteiger partial charge is 0.378 e. The van der Waals surface area contributed by atoms with Gasteiger partial charge in [0.1, 0.15) is 0 Å². The number of ether oxygens (including phenoxy) is 1. The van der Waals surface area contributed by atoms with Crippen molar-refractivity contribution in [3.05, 3.63) is 0 Å². The molecule has 3 rings (SSSR count). The number of nitrogens with one attached hydrogen (secondary N) is 2. The van der Waals surface area contributed by atoms with Gasteiger partial charge in [0.25, 0.3) is 0 Å². The van der Waals surface area contributed by atoms with Crippen molar-refractivity contribution in [3.8, 4) is 0 Å². The summed E-state index contributed by atoms with van der Waals surface area (Å²) in [6, 6.07) is 1.55. The highest BCUT2D eigenvalue weighted by Gasteiger charge is 2.34. The minimum atomic E-state index is 0.455. The minimum Gasteiger partial charge on any atom is -0.378 e. The fourth-order valence-electron chi connectivity index (χ4n) is 4.07. The van der Waals surface area contributed by atoms with Gasteiger partial charge in [-0.15, -0.1) is 0 Å². The molecular formula is C15H28N2O. The molecule has 5 unspecified atom stereocenters. The Labute approximate surface area is 111 Å². The third-order valence-electron chi connectivity index (χ3n) is 5.28. The molecule has 3 heteroatoms. The van der Waals surface area contributed by atoms with Crippen LogP contribution in [-0.2, 0) is 4.74 Å². The van der Waals surface area contributed by atoms with Crippen LogP contribution in [0.25, 0.3) is 0 Å². The van der Waals surface area contributed by atoms with Gasteiger partial charge in [-0.3, -0.25) is 0 Å². The Hall–Kier alpha value is -0.120. The second-order valence-electron chi connectivity index (χ2n) is 6.53. The van der Waals surface area contributed by atoms with Crippen LogP contribution in [0.4, 0.5) is 0 Å². The van der Waals surface area contributed by atoms with E-state index in [-0.39, 0.29) is 0 Å². The second-order valence-corrected chi connectivity index (χ2v) is 6.53. The molecule has 0 spiro atoms. The van der Waals surface area contributed by atoms with Crippen molar-refractivity contribution in [1.82, 2.24) is 10.6 Å². The summed E-state index contributed by atoms with van der Waals surface area (Å²) in [5, 5.41) is 7.50. The zero-order chi connectivity index (χ0) is 12.4. The lowest BCUT2D eigenvalue weighted by Crippen LogP contribution is -2.40. The first kappa shape index (κ1) is 12.9. The Morgan fingerprint density at radius 2 is 2.06 bits per heavy atom. The molecule has 0 aromatic heterocycles. The smallest absolute Gasteiger partial charge is 0.0588 e. The first-order chi connectivity index (χ1) is 8.83. The van der Waals surface area contributed by atoms with E-state index in [9.17, 15) is 0 Å². The number of hydrogen-bond donors (Lipinski definition) is 2. The van der Waals surface area contributed by atoms with Crippen molar-refractivity contribution in [1.29, 1.82) is 0 Å². The van der Waals surface area contributed by atoms with E-state index in [4.69, 9.17) is 4.74 Å². The topological polar surface area (TPSA) is 33.3 Å². The summed E-state index contributed by atoms with van der Waals surface area (Å²) < 4.78 is 5.61. The molecule has 0 aromatic rings. The molecule has 3 fully saturated rings. The lowest BCUT2D eigenvalue weighted by atomic mass is 9.85. The monoisotopic (exact) mass is 252 g/mol. The summed E-state index contributed by atoms with van der Waals surface area (Å²) in [7, 11) is 0. The molecule has 18 heavy (non-hydrogen) atoms. The van der Waals surface area contributed by atoms with E-state index >= 15 is 0 Å². The van der Waals surface area contributed by atoms with Crippen LogP contribution in [0.2, 0.25) is 0 Å². The number of hydrogen-bond acceptors (Lipinski definition) is 3. The van der Waals surface area contributed by atoms with Gasteiger partial charge in [0.15, 0.2) is 0 Å². The first-order valence-electron chi connectivity index (χ1n) is 7.91. The second kappa shape index (κ2) is 5.89. The van der Waals surface area contributed by atoms with E-state index in [2.05, 4.69) is 17.6 Å². The van der Waals surface area contributed by atoms with Crippen molar-refractivity contribution in [3.63, 3.8) is 0 Å². The van der Waals surface area contributed by atoms with Crippen LogP contribution < -0.4 is 10.6 Å². The molecule has 3 nitrogen and oxygen atoms in total. The molecule has 1 saturated carbocycles. The van der Waals surface area contributed by atoms with Crippen molar-refractivity contribution >= 4 is 0 Å². The van der Waals surface area contributed by atoms with E-state index in [1.54, 1.807) is 0 Å². The van der Waals surface area contributed by atoms with Gasteiger partial charge in [-0.25, -0.2) is 0 Å². The van der Waals surface area contributed by atoms with Crippen LogP contribution >= 0.6 is 0 Å². The van der Waals surface area contributed by atoms with E-state index in [1.807, 2.05) is 0 Å². The van der Waals surface area contributed by atoms with Gasteiger partial charge >= 0.3 is 0 Å². The summed E-state index contributed by atoms with van der Waals surface area (Å²) in [4.78, 5) is 0. The van der Waals surface area contributed by atoms with Crippen LogP contribution in [0, 0.1) is 11.8 Å². The van der Waals surface area contributed by atoms with Gasteiger partial charge in [0, 0.05) is 31.8 Å². The predicted octanol–water partition coefficient (Wildman–Crippen LogP) is 1.92. The molecule has 0 amide bonds. The van der Waals surface area contributed by atoms with Gasteiger partial charge < -0.3 is 15.4 Å². The van der Waals surface area contributed by atoms with Crippen molar-refractivity contribution in [2.75, 3.05) is 19.7 Å². The lowest BCUT2D eigenvalue weighted by molar-refractivity contribution is 0.105. The summed E-state index contributed by atoms with van der Waals surface area (Å²) in [5.74, 6) is 1.70. The summed E-state index contributed by atoms with van der Waals surface area (Å²) in [6.45, 7) is 5.45. The third kappa shape index (κ3) is 2.89. The standard InChI is InChI=1S/C15H28N2O/c1-11-13(6-7-18-11)9-16-10-14-8-12-4-2-3-5-15(12)17-14/h11-17H,2-10H2,1H3. The van der Waals surface area contributed by atoms with Crippen LogP contribution in [0.1, 0.15) is 45.4 Å². The third-order valence-corrected chi connectivity index (χ3v) is 5.28. The molecule has 2 aliphatic heterocycles. The SMILES string of the molecule is CC1OCCC1CNCC1CC2CCCCC2N1. The molecule has 2 heterocycles.